The van der Waals surface area contributed by atoms with Crippen molar-refractivity contribution < 1.29 is 27.4 Å². The van der Waals surface area contributed by atoms with Crippen molar-refractivity contribution in [3.8, 4) is 11.5 Å². The fourth-order valence-corrected chi connectivity index (χ4v) is 3.48. The summed E-state index contributed by atoms with van der Waals surface area (Å²) in [7, 11) is 3.95. The smallest absolute Gasteiger partial charge is 0.451 e. The molecule has 29 heavy (non-hydrogen) atoms. The summed E-state index contributed by atoms with van der Waals surface area (Å²) in [6.45, 7) is 0.544. The van der Waals surface area contributed by atoms with E-state index in [4.69, 9.17) is 9.47 Å². The Morgan fingerprint density at radius 3 is 2.34 bits per heavy atom. The van der Waals surface area contributed by atoms with E-state index in [1.807, 2.05) is 0 Å². The van der Waals surface area contributed by atoms with E-state index in [-0.39, 0.29) is 19.0 Å². The van der Waals surface area contributed by atoms with Crippen LogP contribution in [0.5, 0.6) is 11.5 Å². The van der Waals surface area contributed by atoms with Crippen molar-refractivity contribution in [2.45, 2.75) is 25.1 Å². The topological polar surface area (TPSA) is 78.6 Å². The van der Waals surface area contributed by atoms with Gasteiger partial charge in [-0.15, -0.1) is 5.10 Å². The first-order valence-corrected chi connectivity index (χ1v) is 8.92. The minimum atomic E-state index is -4.71. The van der Waals surface area contributed by atoms with Crippen molar-refractivity contribution in [1.29, 1.82) is 0 Å². The highest BCUT2D eigenvalue weighted by atomic mass is 19.4. The first-order valence-electron chi connectivity index (χ1n) is 8.92. The number of para-hydroxylation sites is 1. The fraction of sp³-hybridized carbons (Fsp3) is 0.500. The minimum Gasteiger partial charge on any atom is -0.493 e. The molecule has 1 fully saturated rings. The van der Waals surface area contributed by atoms with Crippen LogP contribution in [0.25, 0.3) is 0 Å². The number of benzene rings is 1. The van der Waals surface area contributed by atoms with Crippen molar-refractivity contribution in [3.05, 3.63) is 40.1 Å². The Kier molecular flexibility index (Phi) is 5.58. The average molecular weight is 414 g/mol. The van der Waals surface area contributed by atoms with Crippen LogP contribution in [0, 0.1) is 0 Å². The number of rotatable bonds is 4. The molecule has 1 saturated heterocycles. The first-order chi connectivity index (χ1) is 13.7. The molecule has 0 atom stereocenters. The maximum atomic E-state index is 13.0. The third kappa shape index (κ3) is 3.81. The lowest BCUT2D eigenvalue weighted by atomic mass is 10.0. The zero-order chi connectivity index (χ0) is 21.3. The van der Waals surface area contributed by atoms with Gasteiger partial charge >= 0.3 is 11.9 Å². The van der Waals surface area contributed by atoms with Gasteiger partial charge in [-0.3, -0.25) is 9.36 Å². The van der Waals surface area contributed by atoms with Crippen LogP contribution in [0.3, 0.4) is 0 Å². The van der Waals surface area contributed by atoms with Gasteiger partial charge in [0.15, 0.2) is 11.5 Å². The number of nitrogens with zero attached hydrogens (tertiary/aromatic N) is 4. The number of carbonyl (C=O) groups is 1. The molecule has 0 bridgehead atoms. The molecule has 3 rings (SSSR count). The lowest BCUT2D eigenvalue weighted by Gasteiger charge is -2.32. The Bertz CT molecular complexity index is 959. The molecule has 1 aromatic carbocycles. The van der Waals surface area contributed by atoms with Crippen LogP contribution in [-0.2, 0) is 13.2 Å². The summed E-state index contributed by atoms with van der Waals surface area (Å²) >= 11 is 0. The molecule has 11 heteroatoms. The molecule has 158 valence electrons. The lowest BCUT2D eigenvalue weighted by molar-refractivity contribution is -0.147. The SMILES string of the molecule is COc1cccc(C(=O)N2CCC(n3nc(C(F)(F)F)n(C)c3=O)CC2)c1OC. The number of methoxy groups -OCH3 is 2. The molecule has 0 saturated carbocycles. The molecule has 0 spiro atoms. The van der Waals surface area contributed by atoms with Gasteiger partial charge in [0.2, 0.25) is 5.82 Å². The number of amides is 1. The molecule has 8 nitrogen and oxygen atoms in total. The molecule has 0 unspecified atom stereocenters. The summed E-state index contributed by atoms with van der Waals surface area (Å²) in [5.41, 5.74) is -0.490. The second-order valence-electron chi connectivity index (χ2n) is 6.67. The summed E-state index contributed by atoms with van der Waals surface area (Å²) in [6.07, 6.45) is -4.09. The molecule has 0 radical (unpaired) electrons. The van der Waals surface area contributed by atoms with Gasteiger partial charge in [0.1, 0.15) is 0 Å². The normalized spacial score (nSPS) is 15.4. The van der Waals surface area contributed by atoms with Crippen molar-refractivity contribution in [1.82, 2.24) is 19.2 Å². The number of halogens is 3. The summed E-state index contributed by atoms with van der Waals surface area (Å²) in [5.74, 6) is -0.767. The number of hydrogen-bond acceptors (Lipinski definition) is 5. The number of alkyl halides is 3. The Morgan fingerprint density at radius 2 is 1.83 bits per heavy atom. The van der Waals surface area contributed by atoms with E-state index in [0.717, 1.165) is 11.7 Å². The molecular weight excluding hydrogens is 393 g/mol. The highest BCUT2D eigenvalue weighted by molar-refractivity contribution is 5.97. The molecule has 2 heterocycles. The molecule has 0 aliphatic carbocycles. The number of ether oxygens (including phenoxy) is 2. The van der Waals surface area contributed by atoms with Crippen molar-refractivity contribution >= 4 is 5.91 Å². The monoisotopic (exact) mass is 414 g/mol. The second-order valence-corrected chi connectivity index (χ2v) is 6.67. The maximum Gasteiger partial charge on any atom is 0.451 e. The van der Waals surface area contributed by atoms with Crippen LogP contribution in [0.2, 0.25) is 0 Å². The van der Waals surface area contributed by atoms with Gasteiger partial charge in [0.05, 0.1) is 25.8 Å². The van der Waals surface area contributed by atoms with E-state index in [0.29, 0.717) is 34.5 Å². The van der Waals surface area contributed by atoms with Gasteiger partial charge < -0.3 is 14.4 Å². The van der Waals surface area contributed by atoms with Gasteiger partial charge in [-0.05, 0) is 25.0 Å². The van der Waals surface area contributed by atoms with Crippen LogP contribution >= 0.6 is 0 Å². The summed E-state index contributed by atoms with van der Waals surface area (Å²) in [4.78, 5) is 26.7. The van der Waals surface area contributed by atoms with Crippen LogP contribution < -0.4 is 15.2 Å². The summed E-state index contributed by atoms with van der Waals surface area (Å²) in [6, 6.07) is 4.46. The number of piperidine rings is 1. The summed E-state index contributed by atoms with van der Waals surface area (Å²) < 4.78 is 50.8. The molecule has 1 aliphatic heterocycles. The summed E-state index contributed by atoms with van der Waals surface area (Å²) in [5, 5.41) is 3.48. The molecule has 1 amide bonds. The Morgan fingerprint density at radius 1 is 1.17 bits per heavy atom. The van der Waals surface area contributed by atoms with Crippen molar-refractivity contribution in [2.75, 3.05) is 27.3 Å². The zero-order valence-electron chi connectivity index (χ0n) is 16.2. The van der Waals surface area contributed by atoms with Crippen LogP contribution in [-0.4, -0.2) is 52.5 Å². The van der Waals surface area contributed by atoms with Crippen molar-refractivity contribution in [2.24, 2.45) is 7.05 Å². The zero-order valence-corrected chi connectivity index (χ0v) is 16.2. The number of aromatic nitrogens is 3. The highest BCUT2D eigenvalue weighted by Gasteiger charge is 2.39. The van der Waals surface area contributed by atoms with Gasteiger partial charge in [0.25, 0.3) is 5.91 Å². The largest absolute Gasteiger partial charge is 0.493 e. The van der Waals surface area contributed by atoms with Crippen LogP contribution in [0.15, 0.2) is 23.0 Å². The highest BCUT2D eigenvalue weighted by Crippen LogP contribution is 2.33. The van der Waals surface area contributed by atoms with E-state index in [1.165, 1.54) is 14.2 Å². The van der Waals surface area contributed by atoms with E-state index < -0.39 is 23.7 Å². The molecule has 2 aromatic rings. The number of hydrogen-bond donors (Lipinski definition) is 0. The van der Waals surface area contributed by atoms with E-state index in [1.54, 1.807) is 23.1 Å². The Balaban J connectivity index is 1.77. The number of likely N-dealkylation sites (tertiary alicyclic amines) is 1. The van der Waals surface area contributed by atoms with E-state index >= 15 is 0 Å². The standard InChI is InChI=1S/C18H21F3N4O4/c1-23-16(18(19,20)21)22-25(17(23)27)11-7-9-24(10-8-11)15(26)12-5-4-6-13(28-2)14(12)29-3/h4-6,11H,7-10H2,1-3H3. The molecular formula is C18H21F3N4O4. The van der Waals surface area contributed by atoms with Crippen molar-refractivity contribution in [3.63, 3.8) is 0 Å². The minimum absolute atomic E-state index is 0.272. The lowest BCUT2D eigenvalue weighted by Crippen LogP contribution is -2.41. The predicted molar refractivity (Wildman–Crippen MR) is 96.2 cm³/mol. The Labute approximate surface area is 164 Å². The number of carbonyl (C=O) groups excluding carboxylic acids is 1. The molecule has 0 N–H and O–H groups in total. The second kappa shape index (κ2) is 7.80. The average Bonchev–Trinajstić information content (AvgIpc) is 3.02. The van der Waals surface area contributed by atoms with E-state index in [9.17, 15) is 22.8 Å². The van der Waals surface area contributed by atoms with Crippen LogP contribution in [0.1, 0.15) is 35.1 Å². The first kappa shape index (κ1) is 20.7. The van der Waals surface area contributed by atoms with Crippen LogP contribution in [0.4, 0.5) is 13.2 Å². The quantitative estimate of drug-likeness (QED) is 0.766. The third-order valence-electron chi connectivity index (χ3n) is 4.99. The van der Waals surface area contributed by atoms with Gasteiger partial charge in [-0.2, -0.15) is 13.2 Å². The molecule has 1 aromatic heterocycles. The molecule has 1 aliphatic rings. The van der Waals surface area contributed by atoms with Gasteiger partial charge in [-0.25, -0.2) is 9.48 Å². The Hall–Kier alpha value is -2.98. The van der Waals surface area contributed by atoms with Gasteiger partial charge in [-0.1, -0.05) is 6.07 Å². The van der Waals surface area contributed by atoms with E-state index in [2.05, 4.69) is 5.10 Å². The predicted octanol–water partition coefficient (Wildman–Crippen LogP) is 2.10. The van der Waals surface area contributed by atoms with Gasteiger partial charge in [0, 0.05) is 20.1 Å². The third-order valence-corrected chi connectivity index (χ3v) is 4.99. The maximum absolute atomic E-state index is 13.0. The fourth-order valence-electron chi connectivity index (χ4n) is 3.48.